The smallest absolute Gasteiger partial charge is 0.264 e. The van der Waals surface area contributed by atoms with Gasteiger partial charge in [-0.25, -0.2) is 0 Å². The lowest BCUT2D eigenvalue weighted by Crippen LogP contribution is -2.44. The maximum absolute atomic E-state index is 14.8. The van der Waals surface area contributed by atoms with Gasteiger partial charge in [-0.2, -0.15) is 0 Å². The molecule has 0 aromatic heterocycles. The Morgan fingerprint density at radius 1 is 0.895 bits per heavy atom. The van der Waals surface area contributed by atoms with Gasteiger partial charge in [-0.3, -0.25) is 8.22 Å². The van der Waals surface area contributed by atoms with Gasteiger partial charge in [0.15, 0.2) is 0 Å². The Kier molecular flexibility index (Phi) is 4.27. The van der Waals surface area contributed by atoms with Crippen LogP contribution in [0.3, 0.4) is 0 Å². The molecule has 19 heavy (non-hydrogen) atoms. The van der Waals surface area contributed by atoms with E-state index in [1.807, 2.05) is 6.07 Å². The van der Waals surface area contributed by atoms with Crippen molar-refractivity contribution in [2.24, 2.45) is 0 Å². The first-order valence-corrected chi connectivity index (χ1v) is 8.10. The Balaban J connectivity index is 2.45. The highest BCUT2D eigenvalue weighted by molar-refractivity contribution is 6.81. The normalized spacial score (nSPS) is 13.6. The fourth-order valence-corrected chi connectivity index (χ4v) is 4.18. The molecule has 0 heterocycles. The van der Waals surface area contributed by atoms with E-state index in [1.54, 1.807) is 61.5 Å². The van der Waals surface area contributed by atoms with Gasteiger partial charge in [0.25, 0.3) is 0 Å². The molecule has 0 aliphatic carbocycles. The second-order valence-corrected chi connectivity index (χ2v) is 6.85. The maximum Gasteiger partial charge on any atom is 0.466 e. The lowest BCUT2D eigenvalue weighted by molar-refractivity contribution is 0.605. The molecule has 0 saturated heterocycles. The first-order valence-electron chi connectivity index (χ1n) is 6.27. The van der Waals surface area contributed by atoms with Crippen LogP contribution in [-0.4, -0.2) is 8.74 Å². The van der Waals surface area contributed by atoms with Crippen LogP contribution in [0.1, 0.15) is 18.0 Å². The van der Waals surface area contributed by atoms with Crippen molar-refractivity contribution >= 4 is 13.9 Å². The molecule has 0 aliphatic rings. The van der Waals surface area contributed by atoms with E-state index in [0.29, 0.717) is 5.56 Å². The van der Waals surface area contributed by atoms with Gasteiger partial charge in [0, 0.05) is 5.19 Å². The lowest BCUT2D eigenvalue weighted by atomic mass is 10.1. The Labute approximate surface area is 113 Å². The second kappa shape index (κ2) is 5.93. The first-order chi connectivity index (χ1) is 9.16. The summed E-state index contributed by atoms with van der Waals surface area (Å²) in [5.41, 5.74) is -0.123. The molecule has 3 heteroatoms. The predicted molar refractivity (Wildman–Crippen MR) is 78.0 cm³/mol. The Morgan fingerprint density at radius 3 is 1.95 bits per heavy atom. The summed E-state index contributed by atoms with van der Waals surface area (Å²) in [6.07, 6.45) is 3.33. The maximum atomic E-state index is 14.8. The molecule has 1 atom stereocenters. The van der Waals surface area contributed by atoms with Crippen molar-refractivity contribution in [3.05, 3.63) is 78.4 Å². The summed E-state index contributed by atoms with van der Waals surface area (Å²) < 4.78 is 29.6. The fraction of sp³-hybridized carbons (Fsp3) is 0.125. The predicted octanol–water partition coefficient (Wildman–Crippen LogP) is 4.17. The summed E-state index contributed by atoms with van der Waals surface area (Å²) in [5, 5.41) is 0.182. The fourth-order valence-electron chi connectivity index (χ4n) is 2.13. The van der Waals surface area contributed by atoms with Crippen molar-refractivity contribution in [1.82, 2.24) is 0 Å². The molecule has 2 rings (SSSR count). The van der Waals surface area contributed by atoms with E-state index >= 15 is 0 Å². The van der Waals surface area contributed by atoms with Crippen LogP contribution in [0.25, 0.3) is 0 Å². The summed E-state index contributed by atoms with van der Waals surface area (Å²) >= 11 is 0. The van der Waals surface area contributed by atoms with Crippen molar-refractivity contribution in [1.29, 1.82) is 0 Å². The summed E-state index contributed by atoms with van der Waals surface area (Å²) in [6, 6.07) is 17.2. The topological polar surface area (TPSA) is 0 Å². The molecule has 2 aromatic carbocycles. The molecule has 0 bridgehead atoms. The van der Waals surface area contributed by atoms with Crippen molar-refractivity contribution in [3.8, 4) is 0 Å². The second-order valence-electron chi connectivity index (χ2n) is 4.40. The van der Waals surface area contributed by atoms with Crippen molar-refractivity contribution in [3.63, 3.8) is 0 Å². The minimum atomic E-state index is -4.56. The zero-order valence-electron chi connectivity index (χ0n) is 10.8. The van der Waals surface area contributed by atoms with Gasteiger partial charge in [-0.15, -0.1) is 0 Å². The van der Waals surface area contributed by atoms with E-state index < -0.39 is 14.3 Å². The van der Waals surface area contributed by atoms with Crippen LogP contribution in [0, 0.1) is 0 Å². The average molecular weight is 274 g/mol. The minimum Gasteiger partial charge on any atom is -0.264 e. The Bertz CT molecular complexity index is 535. The molecular formula is C16H16F2Si. The van der Waals surface area contributed by atoms with Crippen molar-refractivity contribution in [2.75, 3.05) is 0 Å². The van der Waals surface area contributed by atoms with Crippen LogP contribution in [0.4, 0.5) is 8.22 Å². The van der Waals surface area contributed by atoms with Crippen molar-refractivity contribution in [2.45, 2.75) is 12.5 Å². The van der Waals surface area contributed by atoms with Crippen LogP contribution in [-0.2, 0) is 0 Å². The van der Waals surface area contributed by atoms with E-state index in [0.717, 1.165) is 0 Å². The summed E-state index contributed by atoms with van der Waals surface area (Å²) in [6.45, 7) is 1.78. The molecule has 0 aliphatic heterocycles. The molecule has 0 nitrogen and oxygen atoms in total. The zero-order chi connectivity index (χ0) is 13.7. The van der Waals surface area contributed by atoms with Gasteiger partial charge >= 0.3 is 8.74 Å². The van der Waals surface area contributed by atoms with E-state index in [2.05, 4.69) is 0 Å². The van der Waals surface area contributed by atoms with E-state index in [9.17, 15) is 8.22 Å². The molecule has 0 fully saturated rings. The largest absolute Gasteiger partial charge is 0.466 e. The molecule has 0 saturated carbocycles. The summed E-state index contributed by atoms with van der Waals surface area (Å²) in [4.78, 5) is 0. The van der Waals surface area contributed by atoms with Gasteiger partial charge in [0.05, 0.1) is 5.54 Å². The molecule has 0 spiro atoms. The van der Waals surface area contributed by atoms with Gasteiger partial charge < -0.3 is 0 Å². The highest BCUT2D eigenvalue weighted by Gasteiger charge is 2.46. The third-order valence-electron chi connectivity index (χ3n) is 3.09. The average Bonchev–Trinajstić information content (AvgIpc) is 2.46. The SMILES string of the molecule is CC=C[C@@H](c1ccccc1)[Si](F)(F)c1ccccc1. The zero-order valence-corrected chi connectivity index (χ0v) is 11.8. The van der Waals surface area contributed by atoms with Crippen molar-refractivity contribution < 1.29 is 8.22 Å². The minimum absolute atomic E-state index is 0.182. The third-order valence-corrected chi connectivity index (χ3v) is 5.50. The van der Waals surface area contributed by atoms with Crippen LogP contribution >= 0.6 is 0 Å². The van der Waals surface area contributed by atoms with Gasteiger partial charge in [0.1, 0.15) is 0 Å². The number of rotatable bonds is 4. The van der Waals surface area contributed by atoms with Crippen LogP contribution in [0.5, 0.6) is 0 Å². The molecule has 0 N–H and O–H groups in total. The Morgan fingerprint density at radius 2 is 1.42 bits per heavy atom. The standard InChI is InChI=1S/C16H16F2Si/c1-2-9-16(14-10-5-3-6-11-14)19(17,18)15-12-7-4-8-13-15/h2-13,16H,1H3/t16-/m0/s1. The van der Waals surface area contributed by atoms with E-state index in [1.165, 1.54) is 12.1 Å². The van der Waals surface area contributed by atoms with Crippen LogP contribution < -0.4 is 5.19 Å². The highest BCUT2D eigenvalue weighted by atomic mass is 28.4. The summed E-state index contributed by atoms with van der Waals surface area (Å²) in [5.74, 6) is 0. The third kappa shape index (κ3) is 2.99. The molecule has 2 aromatic rings. The van der Waals surface area contributed by atoms with Crippen LogP contribution in [0.2, 0.25) is 0 Å². The number of hydrogen-bond donors (Lipinski definition) is 0. The molecular weight excluding hydrogens is 258 g/mol. The quantitative estimate of drug-likeness (QED) is 0.446. The molecule has 0 radical (unpaired) electrons. The van der Waals surface area contributed by atoms with Gasteiger partial charge in [0.2, 0.25) is 0 Å². The molecule has 98 valence electrons. The Hall–Kier alpha value is -1.74. The number of benzene rings is 2. The molecule has 0 unspecified atom stereocenters. The lowest BCUT2D eigenvalue weighted by Gasteiger charge is -2.22. The van der Waals surface area contributed by atoms with Gasteiger partial charge in [-0.05, 0) is 12.5 Å². The number of hydrogen-bond acceptors (Lipinski definition) is 0. The number of allylic oxidation sites excluding steroid dienone is 2. The van der Waals surface area contributed by atoms with E-state index in [4.69, 9.17) is 0 Å². The number of halogens is 2. The highest BCUT2D eigenvalue weighted by Crippen LogP contribution is 2.30. The van der Waals surface area contributed by atoms with Crippen LogP contribution in [0.15, 0.2) is 72.8 Å². The molecule has 0 amide bonds. The monoisotopic (exact) mass is 274 g/mol. The van der Waals surface area contributed by atoms with Gasteiger partial charge in [-0.1, -0.05) is 72.8 Å². The first kappa shape index (κ1) is 13.7. The summed E-state index contributed by atoms with van der Waals surface area (Å²) in [7, 11) is -4.56. The van der Waals surface area contributed by atoms with E-state index in [-0.39, 0.29) is 5.19 Å².